The minimum atomic E-state index is -2.29. The van der Waals surface area contributed by atoms with E-state index in [2.05, 4.69) is 41.6 Å². The zero-order valence-electron chi connectivity index (χ0n) is 17.9. The molecular weight excluding hydrogens is 420 g/mol. The molecule has 4 aliphatic rings. The van der Waals surface area contributed by atoms with E-state index in [1.54, 1.807) is 6.08 Å². The maximum atomic E-state index is 13.2. The average Bonchev–Trinajstić information content (AvgIpc) is 3.44. The molecule has 5 nitrogen and oxygen atoms in total. The van der Waals surface area contributed by atoms with Crippen molar-refractivity contribution >= 4 is 26.6 Å². The maximum Gasteiger partial charge on any atom is 0.232 e. The number of carbonyl (C=O) groups is 1. The second kappa shape index (κ2) is 7.20. The molecule has 32 heavy (non-hydrogen) atoms. The highest BCUT2D eigenvalue weighted by Crippen LogP contribution is 2.53. The molecule has 1 saturated heterocycles. The summed E-state index contributed by atoms with van der Waals surface area (Å²) in [6, 6.07) is 8.35. The molecule has 3 aliphatic carbocycles. The highest BCUT2D eigenvalue weighted by Gasteiger charge is 2.45. The number of hydrogen-bond donors (Lipinski definition) is 2. The van der Waals surface area contributed by atoms with Gasteiger partial charge in [0.2, 0.25) is 16.2 Å². The quantitative estimate of drug-likeness (QED) is 0.691. The second-order valence-corrected chi connectivity index (χ2v) is 10.1. The van der Waals surface area contributed by atoms with Crippen LogP contribution in [0.2, 0.25) is 0 Å². The Balaban J connectivity index is 1.55. The third-order valence-corrected chi connectivity index (χ3v) is 8.15. The van der Waals surface area contributed by atoms with Crippen LogP contribution >= 0.6 is 0 Å². The second-order valence-electron chi connectivity index (χ2n) is 9.08. The fourth-order valence-corrected chi connectivity index (χ4v) is 6.47. The summed E-state index contributed by atoms with van der Waals surface area (Å²) in [5.41, 5.74) is 10.3. The zero-order valence-corrected chi connectivity index (χ0v) is 18.7. The molecule has 1 aromatic carbocycles. The number of carbonyl (C=O) groups excluding carboxylic acids is 1. The number of aromatic nitrogens is 1. The maximum absolute atomic E-state index is 13.2. The van der Waals surface area contributed by atoms with E-state index in [0.29, 0.717) is 11.3 Å². The molecule has 1 fully saturated rings. The summed E-state index contributed by atoms with van der Waals surface area (Å²) in [6.07, 6.45) is 10.6. The first-order valence-corrected chi connectivity index (χ1v) is 12.3. The summed E-state index contributed by atoms with van der Waals surface area (Å²) in [6.45, 7) is 2.14. The van der Waals surface area contributed by atoms with Crippen LogP contribution in [0.15, 0.2) is 59.5 Å². The van der Waals surface area contributed by atoms with Gasteiger partial charge in [-0.25, -0.2) is 0 Å². The van der Waals surface area contributed by atoms with E-state index in [9.17, 15) is 13.2 Å². The van der Waals surface area contributed by atoms with Gasteiger partial charge >= 0.3 is 0 Å². The van der Waals surface area contributed by atoms with Gasteiger partial charge in [-0.05, 0) is 66.5 Å². The molecule has 2 atom stereocenters. The Morgan fingerprint density at radius 2 is 1.84 bits per heavy atom. The SMILES string of the molecule is CC1=C(c2c[nH]c3c2CCCC3)c2ccccc2C1C1C(=O)NC2=CCC(=S(=O)=O)C=C21. The fourth-order valence-electron chi connectivity index (χ4n) is 6.03. The summed E-state index contributed by atoms with van der Waals surface area (Å²) in [7, 11) is -2.29. The molecule has 2 unspecified atom stereocenters. The number of nitrogens with one attached hydrogen (secondary N) is 2. The van der Waals surface area contributed by atoms with Crippen LogP contribution in [0.3, 0.4) is 0 Å². The Morgan fingerprint density at radius 1 is 1.03 bits per heavy atom. The molecule has 0 radical (unpaired) electrons. The van der Waals surface area contributed by atoms with Gasteiger partial charge in [0.15, 0.2) is 0 Å². The molecule has 1 amide bonds. The first kappa shape index (κ1) is 19.6. The summed E-state index contributed by atoms with van der Waals surface area (Å²) in [5.74, 6) is -0.614. The van der Waals surface area contributed by atoms with Crippen LogP contribution < -0.4 is 5.32 Å². The normalized spacial score (nSPS) is 23.9. The molecule has 6 heteroatoms. The number of allylic oxidation sites excluding steroid dienone is 4. The average molecular weight is 445 g/mol. The molecule has 162 valence electrons. The molecule has 1 aromatic heterocycles. The van der Waals surface area contributed by atoms with Crippen molar-refractivity contribution in [2.75, 3.05) is 0 Å². The summed E-state index contributed by atoms with van der Waals surface area (Å²) in [4.78, 5) is 17.0. The molecule has 2 N–H and O–H groups in total. The lowest BCUT2D eigenvalue weighted by molar-refractivity contribution is -0.122. The van der Waals surface area contributed by atoms with Crippen molar-refractivity contribution in [2.45, 2.75) is 44.9 Å². The van der Waals surface area contributed by atoms with Crippen molar-refractivity contribution in [3.63, 3.8) is 0 Å². The minimum Gasteiger partial charge on any atom is -0.364 e. The molecule has 0 spiro atoms. The Hall–Kier alpha value is -3.12. The Labute approximate surface area is 188 Å². The number of amides is 1. The molecular formula is C26H24N2O3S. The number of H-pyrrole nitrogens is 1. The van der Waals surface area contributed by atoms with Gasteiger partial charge in [0.1, 0.15) is 0 Å². The van der Waals surface area contributed by atoms with Crippen molar-refractivity contribution in [1.29, 1.82) is 0 Å². The van der Waals surface area contributed by atoms with E-state index in [0.717, 1.165) is 29.7 Å². The standard InChI is InChI=1S/C26H24N2O3S/c1-14-23(20-13-27-21-9-5-4-6-16(20)21)17-7-2-3-8-18(17)24(14)25-19-12-15(32(30)31)10-11-22(19)28-26(25)29/h2-3,7-8,11-13,24-25,27H,4-6,9-10H2,1H3,(H,28,29). The first-order chi connectivity index (χ1) is 15.5. The third-order valence-electron chi connectivity index (χ3n) is 7.44. The summed E-state index contributed by atoms with van der Waals surface area (Å²) in [5, 5.41) is 3.00. The molecule has 0 saturated carbocycles. The summed E-state index contributed by atoms with van der Waals surface area (Å²) < 4.78 is 23.3. The van der Waals surface area contributed by atoms with Crippen LogP contribution in [0.5, 0.6) is 0 Å². The Morgan fingerprint density at radius 3 is 2.69 bits per heavy atom. The van der Waals surface area contributed by atoms with Crippen molar-refractivity contribution < 1.29 is 13.2 Å². The van der Waals surface area contributed by atoms with E-state index < -0.39 is 16.2 Å². The predicted molar refractivity (Wildman–Crippen MR) is 125 cm³/mol. The van der Waals surface area contributed by atoms with Crippen molar-refractivity contribution in [3.05, 3.63) is 87.4 Å². The summed E-state index contributed by atoms with van der Waals surface area (Å²) >= 11 is 0. The van der Waals surface area contributed by atoms with E-state index in [4.69, 9.17) is 0 Å². The lowest BCUT2D eigenvalue weighted by Gasteiger charge is -2.22. The smallest absolute Gasteiger partial charge is 0.232 e. The number of aryl methyl sites for hydroxylation is 1. The first-order valence-electron chi connectivity index (χ1n) is 11.2. The van der Waals surface area contributed by atoms with E-state index in [-0.39, 0.29) is 11.8 Å². The van der Waals surface area contributed by atoms with Crippen molar-refractivity contribution in [3.8, 4) is 0 Å². The van der Waals surface area contributed by atoms with E-state index in [1.807, 2.05) is 12.1 Å². The van der Waals surface area contributed by atoms with E-state index >= 15 is 0 Å². The Kier molecular flexibility index (Phi) is 4.40. The monoisotopic (exact) mass is 444 g/mol. The van der Waals surface area contributed by atoms with Gasteiger partial charge in [0.25, 0.3) is 0 Å². The highest BCUT2D eigenvalue weighted by atomic mass is 32.2. The van der Waals surface area contributed by atoms with Gasteiger partial charge in [0.05, 0.1) is 10.8 Å². The van der Waals surface area contributed by atoms with Gasteiger partial charge < -0.3 is 10.3 Å². The van der Waals surface area contributed by atoms with Crippen LogP contribution in [-0.2, 0) is 27.9 Å². The number of aromatic amines is 1. The number of benzene rings is 1. The van der Waals surface area contributed by atoms with Gasteiger partial charge in [-0.2, -0.15) is 8.42 Å². The molecule has 1 aliphatic heterocycles. The minimum absolute atomic E-state index is 0.0584. The van der Waals surface area contributed by atoms with Crippen LogP contribution in [0.25, 0.3) is 5.57 Å². The van der Waals surface area contributed by atoms with Crippen LogP contribution in [0.1, 0.15) is 60.1 Å². The highest BCUT2D eigenvalue weighted by molar-refractivity contribution is 7.73. The topological polar surface area (TPSA) is 79.0 Å². The molecule has 0 bridgehead atoms. The van der Waals surface area contributed by atoms with Gasteiger partial charge in [-0.15, -0.1) is 0 Å². The number of hydrogen-bond acceptors (Lipinski definition) is 3. The van der Waals surface area contributed by atoms with Gasteiger partial charge in [-0.1, -0.05) is 35.9 Å². The number of fused-ring (bicyclic) bond motifs is 3. The van der Waals surface area contributed by atoms with Crippen LogP contribution in [-0.4, -0.2) is 24.2 Å². The van der Waals surface area contributed by atoms with Crippen molar-refractivity contribution in [1.82, 2.24) is 10.3 Å². The molecule has 2 aromatic rings. The van der Waals surface area contributed by atoms with E-state index in [1.165, 1.54) is 46.4 Å². The predicted octanol–water partition coefficient (Wildman–Crippen LogP) is 3.82. The van der Waals surface area contributed by atoms with Crippen LogP contribution in [0.4, 0.5) is 0 Å². The lowest BCUT2D eigenvalue weighted by Crippen LogP contribution is -2.24. The molecule has 2 heterocycles. The number of rotatable bonds is 2. The largest absolute Gasteiger partial charge is 0.364 e. The lowest BCUT2D eigenvalue weighted by atomic mass is 9.78. The van der Waals surface area contributed by atoms with Crippen LogP contribution in [0, 0.1) is 5.92 Å². The zero-order chi connectivity index (χ0) is 22.0. The van der Waals surface area contributed by atoms with Crippen molar-refractivity contribution in [2.24, 2.45) is 5.92 Å². The molecule has 6 rings (SSSR count). The third kappa shape index (κ3) is 2.75. The van der Waals surface area contributed by atoms with Gasteiger partial charge in [0, 0.05) is 35.5 Å². The Bertz CT molecular complexity index is 1410. The van der Waals surface area contributed by atoms with Gasteiger partial charge in [-0.3, -0.25) is 4.79 Å². The fraction of sp³-hybridized carbons (Fsp3) is 0.308.